The van der Waals surface area contributed by atoms with Gasteiger partial charge in [-0.05, 0) is 30.4 Å². The highest BCUT2D eigenvalue weighted by molar-refractivity contribution is 5.46. The van der Waals surface area contributed by atoms with Crippen molar-refractivity contribution >= 4 is 5.69 Å². The zero-order valence-corrected chi connectivity index (χ0v) is 11.6. The summed E-state index contributed by atoms with van der Waals surface area (Å²) in [6.07, 6.45) is 5.68. The molecule has 0 amide bonds. The van der Waals surface area contributed by atoms with Gasteiger partial charge in [0.1, 0.15) is 0 Å². The van der Waals surface area contributed by atoms with Gasteiger partial charge in [0.15, 0.2) is 5.79 Å². The van der Waals surface area contributed by atoms with E-state index in [2.05, 4.69) is 18.8 Å². The smallest absolute Gasteiger partial charge is 0.173 e. The van der Waals surface area contributed by atoms with E-state index in [0.717, 1.165) is 31.7 Å². The summed E-state index contributed by atoms with van der Waals surface area (Å²) in [5.41, 5.74) is 8.09. The number of pyridine rings is 1. The van der Waals surface area contributed by atoms with E-state index in [1.165, 1.54) is 5.56 Å². The Bertz CT molecular complexity index is 443. The summed E-state index contributed by atoms with van der Waals surface area (Å²) >= 11 is 0. The molecule has 0 aromatic carbocycles. The number of nitrogen functional groups attached to an aromatic ring is 1. The van der Waals surface area contributed by atoms with Crippen LogP contribution in [0.1, 0.15) is 38.2 Å². The molecule has 4 heteroatoms. The Morgan fingerprint density at radius 3 is 2.42 bits per heavy atom. The molecule has 1 saturated heterocycles. The van der Waals surface area contributed by atoms with Crippen LogP contribution in [0.3, 0.4) is 0 Å². The van der Waals surface area contributed by atoms with Crippen LogP contribution < -0.4 is 5.73 Å². The highest BCUT2D eigenvalue weighted by Crippen LogP contribution is 2.49. The highest BCUT2D eigenvalue weighted by atomic mass is 16.7. The molecule has 2 aliphatic rings. The first kappa shape index (κ1) is 12.9. The molecule has 1 aliphatic carbocycles. The Labute approximate surface area is 114 Å². The van der Waals surface area contributed by atoms with Gasteiger partial charge in [-0.2, -0.15) is 0 Å². The largest absolute Gasteiger partial charge is 0.397 e. The number of ether oxygens (including phenoxy) is 2. The number of hydrogen-bond acceptors (Lipinski definition) is 4. The maximum absolute atomic E-state index is 6.06. The lowest BCUT2D eigenvalue weighted by molar-refractivity contribution is -0.240. The third-order valence-corrected chi connectivity index (χ3v) is 4.72. The van der Waals surface area contributed by atoms with Crippen LogP contribution in [-0.4, -0.2) is 24.0 Å². The lowest BCUT2D eigenvalue weighted by atomic mass is 9.69. The topological polar surface area (TPSA) is 57.4 Å². The lowest BCUT2D eigenvalue weighted by Gasteiger charge is -2.45. The molecular weight excluding hydrogens is 240 g/mol. The SMILES string of the molecule is C[C@@H]1C[C@H](c2ccncc2N)C[C@H](C)C12OCCO2. The zero-order chi connectivity index (χ0) is 13.5. The van der Waals surface area contributed by atoms with Crippen molar-refractivity contribution in [3.63, 3.8) is 0 Å². The predicted molar refractivity (Wildman–Crippen MR) is 73.6 cm³/mol. The van der Waals surface area contributed by atoms with E-state index in [-0.39, 0.29) is 5.79 Å². The van der Waals surface area contributed by atoms with Gasteiger partial charge >= 0.3 is 0 Å². The molecule has 2 heterocycles. The normalized spacial score (nSPS) is 33.7. The fraction of sp³-hybridized carbons (Fsp3) is 0.667. The second-order valence-corrected chi connectivity index (χ2v) is 5.89. The molecule has 1 aromatic rings. The third kappa shape index (κ3) is 2.03. The molecule has 3 rings (SSSR count). The van der Waals surface area contributed by atoms with Gasteiger partial charge in [-0.15, -0.1) is 0 Å². The van der Waals surface area contributed by atoms with E-state index in [1.54, 1.807) is 6.20 Å². The Morgan fingerprint density at radius 1 is 1.21 bits per heavy atom. The van der Waals surface area contributed by atoms with E-state index < -0.39 is 0 Å². The summed E-state index contributed by atoms with van der Waals surface area (Å²) in [6.45, 7) is 5.89. The monoisotopic (exact) mass is 262 g/mol. The van der Waals surface area contributed by atoms with Crippen LogP contribution in [0.4, 0.5) is 5.69 Å². The average molecular weight is 262 g/mol. The van der Waals surface area contributed by atoms with Gasteiger partial charge < -0.3 is 15.2 Å². The molecule has 2 N–H and O–H groups in total. The molecular formula is C15H22N2O2. The number of rotatable bonds is 1. The summed E-state index contributed by atoms with van der Waals surface area (Å²) in [4.78, 5) is 4.07. The highest BCUT2D eigenvalue weighted by Gasteiger charge is 2.51. The summed E-state index contributed by atoms with van der Waals surface area (Å²) < 4.78 is 11.9. The van der Waals surface area contributed by atoms with Crippen LogP contribution in [0.2, 0.25) is 0 Å². The predicted octanol–water partition coefficient (Wildman–Crippen LogP) is 2.56. The maximum Gasteiger partial charge on any atom is 0.173 e. The Balaban J connectivity index is 1.84. The maximum atomic E-state index is 6.06. The van der Waals surface area contributed by atoms with Gasteiger partial charge in [-0.3, -0.25) is 4.98 Å². The van der Waals surface area contributed by atoms with Gasteiger partial charge in [-0.25, -0.2) is 0 Å². The molecule has 3 atom stereocenters. The zero-order valence-electron chi connectivity index (χ0n) is 11.6. The minimum Gasteiger partial charge on any atom is -0.397 e. The second kappa shape index (κ2) is 4.76. The van der Waals surface area contributed by atoms with Crippen molar-refractivity contribution in [3.05, 3.63) is 24.0 Å². The van der Waals surface area contributed by atoms with Crippen molar-refractivity contribution in [2.75, 3.05) is 18.9 Å². The lowest BCUT2D eigenvalue weighted by Crippen LogP contribution is -2.48. The first-order chi connectivity index (χ1) is 9.13. The standard InChI is InChI=1S/C15H22N2O2/c1-10-7-12(13-3-4-17-9-14(13)16)8-11(2)15(10)18-5-6-19-15/h3-4,9-12H,5-8,16H2,1-2H3/t10-,11+,12+. The number of aromatic nitrogens is 1. The quantitative estimate of drug-likeness (QED) is 0.845. The summed E-state index contributed by atoms with van der Waals surface area (Å²) in [5, 5.41) is 0. The van der Waals surface area contributed by atoms with Crippen molar-refractivity contribution in [2.45, 2.75) is 38.4 Å². The van der Waals surface area contributed by atoms with Crippen LogP contribution in [0, 0.1) is 11.8 Å². The second-order valence-electron chi connectivity index (χ2n) is 5.89. The van der Waals surface area contributed by atoms with Crippen molar-refractivity contribution in [1.29, 1.82) is 0 Å². The Hall–Kier alpha value is -1.13. The van der Waals surface area contributed by atoms with Gasteiger partial charge in [0.05, 0.1) is 25.1 Å². The van der Waals surface area contributed by atoms with Crippen LogP contribution in [0.5, 0.6) is 0 Å². The fourth-order valence-electron chi connectivity index (χ4n) is 3.82. The number of nitrogens with zero attached hydrogens (tertiary/aromatic N) is 1. The van der Waals surface area contributed by atoms with Crippen LogP contribution in [0.25, 0.3) is 0 Å². The minimum absolute atomic E-state index is 0.363. The molecule has 1 spiro atoms. The number of nitrogens with two attached hydrogens (primary N) is 1. The average Bonchev–Trinajstić information content (AvgIpc) is 2.87. The van der Waals surface area contributed by atoms with Crippen molar-refractivity contribution in [3.8, 4) is 0 Å². The van der Waals surface area contributed by atoms with E-state index in [0.29, 0.717) is 17.8 Å². The third-order valence-electron chi connectivity index (χ3n) is 4.72. The van der Waals surface area contributed by atoms with Crippen molar-refractivity contribution in [2.24, 2.45) is 11.8 Å². The molecule has 1 aromatic heterocycles. The van der Waals surface area contributed by atoms with E-state index >= 15 is 0 Å². The Kier molecular flexibility index (Phi) is 3.23. The molecule has 0 radical (unpaired) electrons. The van der Waals surface area contributed by atoms with E-state index in [1.807, 2.05) is 12.3 Å². The number of anilines is 1. The van der Waals surface area contributed by atoms with Gasteiger partial charge in [0.2, 0.25) is 0 Å². The van der Waals surface area contributed by atoms with Gasteiger partial charge in [-0.1, -0.05) is 13.8 Å². The van der Waals surface area contributed by atoms with E-state index in [9.17, 15) is 0 Å². The molecule has 4 nitrogen and oxygen atoms in total. The fourth-order valence-corrected chi connectivity index (χ4v) is 3.82. The molecule has 0 unspecified atom stereocenters. The number of hydrogen-bond donors (Lipinski definition) is 1. The first-order valence-electron chi connectivity index (χ1n) is 7.11. The molecule has 1 aliphatic heterocycles. The Morgan fingerprint density at radius 2 is 1.84 bits per heavy atom. The molecule has 2 fully saturated rings. The summed E-state index contributed by atoms with van der Waals surface area (Å²) in [6, 6.07) is 2.05. The summed E-state index contributed by atoms with van der Waals surface area (Å²) in [5.74, 6) is 0.886. The van der Waals surface area contributed by atoms with Gasteiger partial charge in [0, 0.05) is 18.0 Å². The molecule has 104 valence electrons. The summed E-state index contributed by atoms with van der Waals surface area (Å²) in [7, 11) is 0. The minimum atomic E-state index is -0.363. The van der Waals surface area contributed by atoms with Crippen LogP contribution >= 0.6 is 0 Å². The van der Waals surface area contributed by atoms with Gasteiger partial charge in [0.25, 0.3) is 0 Å². The van der Waals surface area contributed by atoms with Crippen LogP contribution in [0.15, 0.2) is 18.5 Å². The first-order valence-corrected chi connectivity index (χ1v) is 7.11. The van der Waals surface area contributed by atoms with Crippen LogP contribution in [-0.2, 0) is 9.47 Å². The molecule has 0 bridgehead atoms. The molecule has 1 saturated carbocycles. The van der Waals surface area contributed by atoms with Crippen molar-refractivity contribution < 1.29 is 9.47 Å². The van der Waals surface area contributed by atoms with E-state index in [4.69, 9.17) is 15.2 Å². The van der Waals surface area contributed by atoms with Crippen molar-refractivity contribution in [1.82, 2.24) is 4.98 Å². The molecule has 19 heavy (non-hydrogen) atoms.